The third kappa shape index (κ3) is 4.77. The van der Waals surface area contributed by atoms with Crippen LogP contribution in [0.15, 0.2) is 85.2 Å². The van der Waals surface area contributed by atoms with E-state index in [2.05, 4.69) is 10.3 Å². The standard InChI is InChI=1S/C24H20F3N3O/c25-24(26,27)19-10-6-7-17(13-19)15-29-23(31)14-20(18-8-2-1-3-9-18)21-16-28-22-11-4-5-12-30(21)22/h1-13,16,20H,14-15H2,(H,29,31). The fourth-order valence-electron chi connectivity index (χ4n) is 3.60. The molecule has 0 saturated carbocycles. The first-order valence-electron chi connectivity index (χ1n) is 9.81. The summed E-state index contributed by atoms with van der Waals surface area (Å²) in [6.45, 7) is 0.0252. The van der Waals surface area contributed by atoms with Crippen LogP contribution >= 0.6 is 0 Å². The minimum atomic E-state index is -4.42. The average molecular weight is 423 g/mol. The lowest BCUT2D eigenvalue weighted by atomic mass is 9.92. The first-order chi connectivity index (χ1) is 14.9. The molecule has 31 heavy (non-hydrogen) atoms. The van der Waals surface area contributed by atoms with E-state index in [9.17, 15) is 18.0 Å². The second kappa shape index (κ2) is 8.63. The van der Waals surface area contributed by atoms with Crippen LogP contribution < -0.4 is 5.32 Å². The number of fused-ring (bicyclic) bond motifs is 1. The Balaban J connectivity index is 1.53. The number of pyridine rings is 1. The Morgan fingerprint density at radius 1 is 1.00 bits per heavy atom. The molecule has 4 rings (SSSR count). The Morgan fingerprint density at radius 2 is 1.77 bits per heavy atom. The number of nitrogens with one attached hydrogen (secondary N) is 1. The normalized spacial score (nSPS) is 12.6. The van der Waals surface area contributed by atoms with Gasteiger partial charge in [0.1, 0.15) is 5.65 Å². The molecular formula is C24H20F3N3O. The summed E-state index contributed by atoms with van der Waals surface area (Å²) in [6, 6.07) is 20.3. The van der Waals surface area contributed by atoms with E-state index < -0.39 is 11.7 Å². The van der Waals surface area contributed by atoms with Gasteiger partial charge in [0.2, 0.25) is 5.91 Å². The largest absolute Gasteiger partial charge is 0.416 e. The molecule has 1 atom stereocenters. The van der Waals surface area contributed by atoms with Crippen molar-refractivity contribution in [2.24, 2.45) is 0 Å². The number of carbonyl (C=O) groups is 1. The molecular weight excluding hydrogens is 403 g/mol. The minimum absolute atomic E-state index is 0.0252. The zero-order valence-corrected chi connectivity index (χ0v) is 16.5. The van der Waals surface area contributed by atoms with Crippen LogP contribution in [0, 0.1) is 0 Å². The van der Waals surface area contributed by atoms with Gasteiger partial charge in [0.25, 0.3) is 0 Å². The summed E-state index contributed by atoms with van der Waals surface area (Å²) in [5, 5.41) is 2.75. The van der Waals surface area contributed by atoms with Crippen molar-refractivity contribution in [1.82, 2.24) is 14.7 Å². The van der Waals surface area contributed by atoms with Gasteiger partial charge in [-0.25, -0.2) is 4.98 Å². The van der Waals surface area contributed by atoms with Gasteiger partial charge in [-0.15, -0.1) is 0 Å². The van der Waals surface area contributed by atoms with Crippen LogP contribution in [0.1, 0.15) is 34.7 Å². The van der Waals surface area contributed by atoms with Crippen molar-refractivity contribution >= 4 is 11.6 Å². The molecule has 2 aromatic carbocycles. The molecule has 7 heteroatoms. The van der Waals surface area contributed by atoms with Gasteiger partial charge in [-0.1, -0.05) is 48.5 Å². The topological polar surface area (TPSA) is 46.4 Å². The van der Waals surface area contributed by atoms with Gasteiger partial charge in [0, 0.05) is 31.3 Å². The molecule has 0 radical (unpaired) electrons. The summed E-state index contributed by atoms with van der Waals surface area (Å²) in [5.74, 6) is -0.503. The molecule has 1 unspecified atom stereocenters. The number of imidazole rings is 1. The maximum Gasteiger partial charge on any atom is 0.416 e. The Morgan fingerprint density at radius 3 is 2.55 bits per heavy atom. The molecule has 0 aliphatic rings. The van der Waals surface area contributed by atoms with Gasteiger partial charge in [0.15, 0.2) is 0 Å². The second-order valence-corrected chi connectivity index (χ2v) is 7.25. The molecule has 2 aromatic heterocycles. The molecule has 0 saturated heterocycles. The van der Waals surface area contributed by atoms with E-state index in [0.717, 1.165) is 29.0 Å². The minimum Gasteiger partial charge on any atom is -0.352 e. The first-order valence-corrected chi connectivity index (χ1v) is 9.81. The maximum atomic E-state index is 12.9. The van der Waals surface area contributed by atoms with Crippen LogP contribution in [0.4, 0.5) is 13.2 Å². The summed E-state index contributed by atoms with van der Waals surface area (Å²) < 4.78 is 40.7. The number of benzene rings is 2. The molecule has 0 aliphatic carbocycles. The predicted molar refractivity (Wildman–Crippen MR) is 111 cm³/mol. The molecule has 158 valence electrons. The van der Waals surface area contributed by atoms with Gasteiger partial charge in [-0.05, 0) is 35.4 Å². The van der Waals surface area contributed by atoms with Gasteiger partial charge in [0.05, 0.1) is 11.3 Å². The summed E-state index contributed by atoms with van der Waals surface area (Å²) in [4.78, 5) is 17.2. The number of carbonyl (C=O) groups excluding carboxylic acids is 1. The van der Waals surface area contributed by atoms with Gasteiger partial charge in [-0.2, -0.15) is 13.2 Å². The van der Waals surface area contributed by atoms with Crippen molar-refractivity contribution < 1.29 is 18.0 Å². The number of hydrogen-bond donors (Lipinski definition) is 1. The molecule has 4 aromatic rings. The van der Waals surface area contributed by atoms with E-state index in [1.54, 1.807) is 12.3 Å². The molecule has 0 aliphatic heterocycles. The quantitative estimate of drug-likeness (QED) is 0.464. The van der Waals surface area contributed by atoms with Crippen LogP contribution in [0.3, 0.4) is 0 Å². The molecule has 0 fully saturated rings. The Labute approximate surface area is 177 Å². The maximum absolute atomic E-state index is 12.9. The zero-order chi connectivity index (χ0) is 21.8. The molecule has 1 N–H and O–H groups in total. The fourth-order valence-corrected chi connectivity index (χ4v) is 3.60. The van der Waals surface area contributed by atoms with E-state index in [0.29, 0.717) is 5.56 Å². The van der Waals surface area contributed by atoms with Crippen LogP contribution in [-0.4, -0.2) is 15.3 Å². The highest BCUT2D eigenvalue weighted by Crippen LogP contribution is 2.30. The highest BCUT2D eigenvalue weighted by Gasteiger charge is 2.30. The van der Waals surface area contributed by atoms with Crippen molar-refractivity contribution in [1.29, 1.82) is 0 Å². The molecule has 1 amide bonds. The third-order valence-electron chi connectivity index (χ3n) is 5.14. The van der Waals surface area contributed by atoms with Crippen molar-refractivity contribution in [2.45, 2.75) is 25.1 Å². The fraction of sp³-hybridized carbons (Fsp3) is 0.167. The lowest BCUT2D eigenvalue weighted by Gasteiger charge is -2.17. The third-order valence-corrected chi connectivity index (χ3v) is 5.14. The van der Waals surface area contributed by atoms with Crippen molar-refractivity contribution in [3.63, 3.8) is 0 Å². The second-order valence-electron chi connectivity index (χ2n) is 7.25. The first kappa shape index (κ1) is 20.7. The number of halogens is 3. The van der Waals surface area contributed by atoms with Crippen LogP contribution in [0.5, 0.6) is 0 Å². The number of aromatic nitrogens is 2. The van der Waals surface area contributed by atoms with Gasteiger partial charge in [-0.3, -0.25) is 4.79 Å². The smallest absolute Gasteiger partial charge is 0.352 e. The SMILES string of the molecule is O=C(CC(c1ccccc1)c1cnc2ccccn12)NCc1cccc(C(F)(F)F)c1. The summed E-state index contributed by atoms with van der Waals surface area (Å²) in [5.41, 5.74) is 2.28. The van der Waals surface area contributed by atoms with Crippen LogP contribution in [0.2, 0.25) is 0 Å². The molecule has 0 bridgehead atoms. The van der Waals surface area contributed by atoms with Gasteiger partial charge >= 0.3 is 6.18 Å². The number of rotatable bonds is 6. The predicted octanol–water partition coefficient (Wildman–Crippen LogP) is 5.19. The lowest BCUT2D eigenvalue weighted by molar-refractivity contribution is -0.137. The summed E-state index contributed by atoms with van der Waals surface area (Å²) >= 11 is 0. The lowest BCUT2D eigenvalue weighted by Crippen LogP contribution is -2.25. The highest BCUT2D eigenvalue weighted by molar-refractivity contribution is 5.77. The Bertz CT molecular complexity index is 1190. The van der Waals surface area contributed by atoms with Crippen LogP contribution in [-0.2, 0) is 17.5 Å². The highest BCUT2D eigenvalue weighted by atomic mass is 19.4. The van der Waals surface area contributed by atoms with Crippen molar-refractivity contribution in [3.05, 3.63) is 108 Å². The Hall–Kier alpha value is -3.61. The summed E-state index contributed by atoms with van der Waals surface area (Å²) in [6.07, 6.45) is -0.617. The molecule has 2 heterocycles. The Kier molecular flexibility index (Phi) is 5.75. The number of nitrogens with zero attached hydrogens (tertiary/aromatic N) is 2. The monoisotopic (exact) mass is 423 g/mol. The number of alkyl halides is 3. The van der Waals surface area contributed by atoms with E-state index in [1.165, 1.54) is 6.07 Å². The van der Waals surface area contributed by atoms with Crippen LogP contribution in [0.25, 0.3) is 5.65 Å². The van der Waals surface area contributed by atoms with E-state index in [4.69, 9.17) is 0 Å². The van der Waals surface area contributed by atoms with Crippen molar-refractivity contribution in [3.8, 4) is 0 Å². The number of hydrogen-bond acceptors (Lipinski definition) is 2. The van der Waals surface area contributed by atoms with Gasteiger partial charge < -0.3 is 9.72 Å². The van der Waals surface area contributed by atoms with E-state index in [-0.39, 0.29) is 24.8 Å². The zero-order valence-electron chi connectivity index (χ0n) is 16.5. The number of amides is 1. The van der Waals surface area contributed by atoms with E-state index in [1.807, 2.05) is 59.1 Å². The van der Waals surface area contributed by atoms with Crippen molar-refractivity contribution in [2.75, 3.05) is 0 Å². The van der Waals surface area contributed by atoms with E-state index >= 15 is 0 Å². The summed E-state index contributed by atoms with van der Waals surface area (Å²) in [7, 11) is 0. The molecule has 4 nitrogen and oxygen atoms in total. The average Bonchev–Trinajstić information content (AvgIpc) is 3.20. The molecule has 0 spiro atoms.